The molecule has 0 radical (unpaired) electrons. The van der Waals surface area contributed by atoms with Gasteiger partial charge in [-0.2, -0.15) is 0 Å². The molecule has 5 fully saturated rings. The molecule has 2 N–H and O–H groups in total. The molecule has 19 atom stereocenters. The monoisotopic (exact) mass is 1130 g/mol. The summed E-state index contributed by atoms with van der Waals surface area (Å²) in [6.45, 7) is 19.4. The number of hydrogen-bond donors (Lipinski definition) is 2. The molecule has 0 spiro atoms. The molecule has 444 valence electrons. The predicted molar refractivity (Wildman–Crippen MR) is 300 cm³/mol. The molecule has 79 heavy (non-hydrogen) atoms. The Balaban J connectivity index is 1.25. The lowest BCUT2D eigenvalue weighted by Crippen LogP contribution is -2.61. The highest BCUT2D eigenvalue weighted by atomic mass is 32.2. The van der Waals surface area contributed by atoms with Gasteiger partial charge >= 0.3 is 11.9 Å². The summed E-state index contributed by atoms with van der Waals surface area (Å²) in [5.41, 5.74) is -1.87. The van der Waals surface area contributed by atoms with Crippen LogP contribution < -0.4 is 14.4 Å². The van der Waals surface area contributed by atoms with E-state index in [0.717, 1.165) is 36.9 Å². The molecule has 4 aliphatic heterocycles. The summed E-state index contributed by atoms with van der Waals surface area (Å²) in [5.74, 6) is -3.39. The molecular formula is C60H93N3O15S. The van der Waals surface area contributed by atoms with Gasteiger partial charge in [-0.3, -0.25) is 19.4 Å². The molecule has 1 aromatic heterocycles. The first kappa shape index (κ1) is 63.0. The number of rotatable bonds is 18. The quantitative estimate of drug-likeness (QED) is 0.137. The van der Waals surface area contributed by atoms with Crippen LogP contribution in [0.1, 0.15) is 126 Å². The largest absolute Gasteiger partial charge is 0.493 e. The lowest BCUT2D eigenvalue weighted by molar-refractivity contribution is -0.319. The normalized spacial score (nSPS) is 38.9. The number of esters is 2. The third-order valence-corrected chi connectivity index (χ3v) is 19.4. The van der Waals surface area contributed by atoms with E-state index < -0.39 is 113 Å². The number of hydrogen-bond acceptors (Lipinski definition) is 19. The average Bonchev–Trinajstić information content (AvgIpc) is 4.04. The number of carbonyl (C=O) groups is 3. The second kappa shape index (κ2) is 26.7. The highest BCUT2D eigenvalue weighted by molar-refractivity contribution is 8.00. The van der Waals surface area contributed by atoms with Crippen molar-refractivity contribution < 1.29 is 72.0 Å². The van der Waals surface area contributed by atoms with E-state index in [4.69, 9.17) is 47.4 Å². The number of cyclic esters (lactones) is 1. The van der Waals surface area contributed by atoms with Crippen LogP contribution in [0.5, 0.6) is 11.5 Å². The zero-order chi connectivity index (χ0) is 57.7. The van der Waals surface area contributed by atoms with Crippen molar-refractivity contribution in [2.75, 3.05) is 52.6 Å². The third kappa shape index (κ3) is 13.9. The van der Waals surface area contributed by atoms with E-state index in [0.29, 0.717) is 36.8 Å². The lowest BCUT2D eigenvalue weighted by atomic mass is 9.70. The van der Waals surface area contributed by atoms with Crippen LogP contribution in [0.2, 0.25) is 0 Å². The van der Waals surface area contributed by atoms with Crippen LogP contribution in [0.15, 0.2) is 42.7 Å². The van der Waals surface area contributed by atoms with Crippen molar-refractivity contribution in [1.82, 2.24) is 9.88 Å². The number of ether oxygens (including phenoxy) is 10. The van der Waals surface area contributed by atoms with Crippen molar-refractivity contribution in [1.29, 1.82) is 0 Å². The summed E-state index contributed by atoms with van der Waals surface area (Å²) in [5, 5.41) is 22.3. The van der Waals surface area contributed by atoms with E-state index in [9.17, 15) is 15.0 Å². The number of aliphatic hydroxyl groups excluding tert-OH is 2. The molecule has 7 rings (SSSR count). The topological polar surface area (TPSA) is 203 Å². The number of carbonyl (C=O) groups excluding carboxylic acids is 3. The fourth-order valence-corrected chi connectivity index (χ4v) is 14.8. The molecule has 5 heterocycles. The second-order valence-corrected chi connectivity index (χ2v) is 25.3. The van der Waals surface area contributed by atoms with Gasteiger partial charge in [-0.15, -0.1) is 11.8 Å². The van der Waals surface area contributed by atoms with Crippen LogP contribution in [0.3, 0.4) is 0 Å². The summed E-state index contributed by atoms with van der Waals surface area (Å²) in [4.78, 5) is 53.9. The van der Waals surface area contributed by atoms with Gasteiger partial charge in [0.2, 0.25) is 0 Å². The number of benzene rings is 1. The fourth-order valence-electron chi connectivity index (χ4n) is 13.3. The van der Waals surface area contributed by atoms with Gasteiger partial charge in [0.1, 0.15) is 29.3 Å². The molecule has 1 aromatic carbocycles. The van der Waals surface area contributed by atoms with Gasteiger partial charge in [0, 0.05) is 93.3 Å². The van der Waals surface area contributed by atoms with Crippen LogP contribution in [-0.2, 0) is 58.8 Å². The van der Waals surface area contributed by atoms with E-state index >= 15 is 9.59 Å². The van der Waals surface area contributed by atoms with Gasteiger partial charge in [0.25, 0.3) is 0 Å². The molecule has 18 nitrogen and oxygen atoms in total. The summed E-state index contributed by atoms with van der Waals surface area (Å²) in [6.07, 6.45) is 0.849. The number of methoxy groups -OCH3 is 3. The van der Waals surface area contributed by atoms with E-state index in [1.807, 2.05) is 97.1 Å². The first-order valence-corrected chi connectivity index (χ1v) is 29.8. The first-order chi connectivity index (χ1) is 37.4. The highest BCUT2D eigenvalue weighted by Crippen LogP contribution is 2.50. The molecule has 0 bridgehead atoms. The van der Waals surface area contributed by atoms with Gasteiger partial charge < -0.3 is 67.4 Å². The Labute approximate surface area is 473 Å². The number of likely N-dealkylation sites (N-methyl/N-ethyl adjacent to an activating group) is 1. The summed E-state index contributed by atoms with van der Waals surface area (Å²) in [6, 6.07) is 9.59. The average molecular weight is 1130 g/mol. The maximum atomic E-state index is 15.4. The minimum absolute atomic E-state index is 0.112. The number of thioether (sulfide) groups is 1. The van der Waals surface area contributed by atoms with Crippen molar-refractivity contribution >= 4 is 35.2 Å². The SMILES string of the molecule is CC[C@@H]1OC(=O)C(C)C(O[C@H]2CC(C)(OC)C(O)C(C)O2)C(C)C(O[C@H]2O[C@H](C)CC(N(C)C)C2O)C(C)(OC)CC(C)C(=O)C(C)C2[C@H](SCCN(Cc3cccnc3)c3ccc(OC)c(OC4CCCC4)c3)C(=O)OC21C. The molecule has 2 aromatic rings. The van der Waals surface area contributed by atoms with E-state index in [2.05, 4.69) is 9.88 Å². The molecule has 5 aliphatic rings. The third-order valence-electron chi connectivity index (χ3n) is 18.1. The van der Waals surface area contributed by atoms with Crippen LogP contribution >= 0.6 is 11.8 Å². The van der Waals surface area contributed by atoms with Crippen LogP contribution in [0.4, 0.5) is 5.69 Å². The van der Waals surface area contributed by atoms with Crippen molar-refractivity contribution in [2.24, 2.45) is 29.6 Å². The summed E-state index contributed by atoms with van der Waals surface area (Å²) in [7, 11) is 8.53. The zero-order valence-electron chi connectivity index (χ0n) is 49.6. The summed E-state index contributed by atoms with van der Waals surface area (Å²) < 4.78 is 64.6. The molecule has 14 unspecified atom stereocenters. The van der Waals surface area contributed by atoms with Crippen LogP contribution in [-0.4, -0.2) is 175 Å². The van der Waals surface area contributed by atoms with Gasteiger partial charge in [0.15, 0.2) is 29.7 Å². The maximum absolute atomic E-state index is 15.4. The maximum Gasteiger partial charge on any atom is 0.320 e. The number of pyridine rings is 1. The molecule has 19 heteroatoms. The van der Waals surface area contributed by atoms with E-state index in [1.165, 1.54) is 18.9 Å². The van der Waals surface area contributed by atoms with Crippen LogP contribution in [0.25, 0.3) is 0 Å². The molecule has 1 aliphatic carbocycles. The minimum atomic E-state index is -1.43. The minimum Gasteiger partial charge on any atom is -0.493 e. The molecular weight excluding hydrogens is 1030 g/mol. The van der Waals surface area contributed by atoms with Crippen molar-refractivity contribution in [3.8, 4) is 11.5 Å². The highest BCUT2D eigenvalue weighted by Gasteiger charge is 2.62. The fraction of sp³-hybridized carbons (Fsp3) is 0.767. The lowest BCUT2D eigenvalue weighted by Gasteiger charge is -2.50. The number of fused-ring (bicyclic) bond motifs is 1. The smallest absolute Gasteiger partial charge is 0.320 e. The zero-order valence-corrected chi connectivity index (χ0v) is 50.4. The molecule has 0 amide bonds. The molecule has 1 saturated carbocycles. The Hall–Kier alpha value is -3.63. The number of aliphatic hydroxyl groups is 2. The molecule has 4 saturated heterocycles. The second-order valence-electron chi connectivity index (χ2n) is 24.0. The van der Waals surface area contributed by atoms with E-state index in [-0.39, 0.29) is 43.3 Å². The Bertz CT molecular complexity index is 2330. The van der Waals surface area contributed by atoms with Crippen LogP contribution in [0, 0.1) is 29.6 Å². The standard InChI is InChI=1S/C60H93N3O15S/c1-16-46-60(10)48(52(56(68)78-60)79-27-26-63(33-40-20-19-25-61-32-40)41-23-24-44(69-13)45(29-41)74-42-21-17-18-22-42)36(4)49(64)34(2)30-59(9,71-15)54(77-57-50(65)43(62(11)12)28-35(3)72-57)37(5)51(38(6)55(67)75-46)76-47-31-58(8,70-14)53(66)39(7)73-47/h19-20,23-25,29,32,34-39,42-43,46-48,50-54,57,65-66H,16-18,21-22,26-28,30-31,33H2,1-15H3/t34?,35-,36?,37?,38?,39?,43?,46+,47+,48?,50?,51?,52+,53?,54?,57-,58?,59?,60?/m1/s1. The van der Waals surface area contributed by atoms with Gasteiger partial charge in [-0.1, -0.05) is 33.8 Å². The van der Waals surface area contributed by atoms with Gasteiger partial charge in [0.05, 0.1) is 54.7 Å². The number of Topliss-reactive ketones (excluding diaryl/α,β-unsaturated/α-hetero) is 1. The Morgan fingerprint density at radius 2 is 1.57 bits per heavy atom. The first-order valence-electron chi connectivity index (χ1n) is 28.7. The number of ketones is 1. The Morgan fingerprint density at radius 3 is 2.20 bits per heavy atom. The van der Waals surface area contributed by atoms with Gasteiger partial charge in [-0.25, -0.2) is 0 Å². The Morgan fingerprint density at radius 1 is 0.861 bits per heavy atom. The predicted octanol–water partition coefficient (Wildman–Crippen LogP) is 7.79. The summed E-state index contributed by atoms with van der Waals surface area (Å²) >= 11 is 1.43. The number of anilines is 1. The van der Waals surface area contributed by atoms with E-state index in [1.54, 1.807) is 48.1 Å². The van der Waals surface area contributed by atoms with Gasteiger partial charge in [-0.05, 0) is 124 Å². The number of aromatic nitrogens is 1. The Kier molecular flexibility index (Phi) is 21.3. The van der Waals surface area contributed by atoms with Crippen molar-refractivity contribution in [2.45, 2.75) is 217 Å². The van der Waals surface area contributed by atoms with Crippen molar-refractivity contribution in [3.63, 3.8) is 0 Å². The van der Waals surface area contributed by atoms with Crippen molar-refractivity contribution in [3.05, 3.63) is 48.3 Å². The number of nitrogens with zero attached hydrogens (tertiary/aromatic N) is 3.